The van der Waals surface area contributed by atoms with E-state index in [9.17, 15) is 16.8 Å². The smallest absolute Gasteiger partial charge is 0.211 e. The Bertz CT molecular complexity index is 2920. The number of hydrogen-bond acceptors (Lipinski definition) is 30. The molecule has 0 saturated carbocycles. The summed E-state index contributed by atoms with van der Waals surface area (Å²) in [6.07, 6.45) is -1.15. The molecular formula is C78H128N4O28S2. The minimum Gasteiger partial charge on any atom is -0.399 e. The Morgan fingerprint density at radius 3 is 0.670 bits per heavy atom. The molecule has 1 aliphatic rings. The third-order valence-electron chi connectivity index (χ3n) is 16.2. The van der Waals surface area contributed by atoms with Crippen LogP contribution in [0.3, 0.4) is 0 Å². The van der Waals surface area contributed by atoms with Gasteiger partial charge in [-0.25, -0.2) is 26.3 Å². The van der Waals surface area contributed by atoms with Crippen LogP contribution in [0.1, 0.15) is 36.2 Å². The number of nitrogens with two attached hydrogens (primary N) is 2. The van der Waals surface area contributed by atoms with Crippen LogP contribution >= 0.6 is 0 Å². The van der Waals surface area contributed by atoms with E-state index in [-0.39, 0.29) is 77.1 Å². The number of ether oxygens (including phenoxy) is 24. The topological polar surface area (TPSA) is 366 Å². The molecule has 0 fully saturated rings. The maximum absolute atomic E-state index is 13.3. The Hall–Kier alpha value is -4.66. The lowest BCUT2D eigenvalue weighted by molar-refractivity contribution is -0.0788. The summed E-state index contributed by atoms with van der Waals surface area (Å²) < 4.78 is 192. The van der Waals surface area contributed by atoms with Crippen molar-refractivity contribution in [2.45, 2.75) is 25.0 Å². The Kier molecular flexibility index (Phi) is 58.0. The third-order valence-corrected chi connectivity index (χ3v) is 19.1. The summed E-state index contributed by atoms with van der Waals surface area (Å²) in [5, 5.41) is 0. The van der Waals surface area contributed by atoms with Gasteiger partial charge in [-0.3, -0.25) is 0 Å². The summed E-state index contributed by atoms with van der Waals surface area (Å²) in [6.45, 7) is 18.5. The fraction of sp³-hybridized carbons (Fsp3) is 0.692. The van der Waals surface area contributed by atoms with E-state index in [0.29, 0.717) is 262 Å². The van der Waals surface area contributed by atoms with Crippen LogP contribution < -0.4 is 20.9 Å². The number of benzene rings is 4. The molecule has 640 valence electrons. The summed E-state index contributed by atoms with van der Waals surface area (Å²) in [5.41, 5.74) is 20.6. The lowest BCUT2D eigenvalue weighted by Gasteiger charge is -2.36. The zero-order chi connectivity index (χ0) is 79.6. The first-order chi connectivity index (χ1) is 55.0. The van der Waals surface area contributed by atoms with E-state index in [1.54, 1.807) is 14.2 Å². The highest BCUT2D eigenvalue weighted by molar-refractivity contribution is 7.89. The number of hydrogen-bond donors (Lipinski definition) is 4. The molecule has 0 heterocycles. The van der Waals surface area contributed by atoms with E-state index in [0.717, 1.165) is 44.5 Å². The first-order valence-corrected chi connectivity index (χ1v) is 42.0. The van der Waals surface area contributed by atoms with Crippen LogP contribution in [0.2, 0.25) is 0 Å². The standard InChI is InChI=1S/C78H128N4O28S2/c1-87-23-25-91-31-33-95-39-41-99-47-49-103-55-57-107-61-59-105-53-51-101-45-43-97-37-35-93-29-27-89-21-17-81-111(83,84)63-3-19-109-77-75-65-69(67-5-11-71(79)12-6-67)9-15-73(75)74-16-10-70(68-7-13-72(80)14-8-68)66-76(74)78(77)110-20-4-64-112(85,86)82-18-22-90-28-30-94-36-38-98-44-46-102-52-54-106-60-62-108-58-56-104-50-48-100-42-40-96-34-32-92-26-24-88-2/h5-16,65-66,77-78,81-82H,3-4,17-64,79-80H2,1-2H3. The van der Waals surface area contributed by atoms with Crippen LogP contribution in [0, 0.1) is 0 Å². The summed E-state index contributed by atoms with van der Waals surface area (Å²) in [4.78, 5) is 0. The molecule has 4 aromatic carbocycles. The Morgan fingerprint density at radius 1 is 0.259 bits per heavy atom. The Labute approximate surface area is 663 Å². The zero-order valence-electron chi connectivity index (χ0n) is 66.0. The molecule has 2 atom stereocenters. The molecule has 0 amide bonds. The van der Waals surface area contributed by atoms with Gasteiger partial charge in [-0.2, -0.15) is 0 Å². The molecule has 34 heteroatoms. The predicted molar refractivity (Wildman–Crippen MR) is 422 cm³/mol. The maximum Gasteiger partial charge on any atom is 0.211 e. The van der Waals surface area contributed by atoms with Gasteiger partial charge in [-0.05, 0) is 93.7 Å². The lowest BCUT2D eigenvalue weighted by Crippen LogP contribution is -2.31. The number of fused-ring (bicyclic) bond motifs is 3. The predicted octanol–water partition coefficient (Wildman–Crippen LogP) is 5.22. The molecule has 0 aliphatic heterocycles. The zero-order valence-corrected chi connectivity index (χ0v) is 67.6. The minimum atomic E-state index is -3.72. The van der Waals surface area contributed by atoms with Gasteiger partial charge in [0.15, 0.2) is 0 Å². The molecule has 6 N–H and O–H groups in total. The molecule has 112 heavy (non-hydrogen) atoms. The van der Waals surface area contributed by atoms with Crippen molar-refractivity contribution in [2.24, 2.45) is 0 Å². The van der Waals surface area contributed by atoms with Crippen molar-refractivity contribution in [1.29, 1.82) is 0 Å². The van der Waals surface area contributed by atoms with Crippen molar-refractivity contribution in [3.63, 3.8) is 0 Å². The summed E-state index contributed by atoms with van der Waals surface area (Å²) in [6, 6.07) is 27.5. The van der Waals surface area contributed by atoms with E-state index >= 15 is 0 Å². The van der Waals surface area contributed by atoms with Crippen molar-refractivity contribution in [1.82, 2.24) is 9.44 Å². The first-order valence-electron chi connectivity index (χ1n) is 38.7. The largest absolute Gasteiger partial charge is 0.399 e. The number of sulfonamides is 2. The van der Waals surface area contributed by atoms with Gasteiger partial charge in [0.1, 0.15) is 12.2 Å². The van der Waals surface area contributed by atoms with Gasteiger partial charge in [0.05, 0.1) is 289 Å². The van der Waals surface area contributed by atoms with Crippen LogP contribution in [-0.2, 0) is 134 Å². The van der Waals surface area contributed by atoms with Crippen molar-refractivity contribution in [2.75, 3.05) is 341 Å². The van der Waals surface area contributed by atoms with Crippen LogP contribution in [0.4, 0.5) is 11.4 Å². The second kappa shape index (κ2) is 66.4. The van der Waals surface area contributed by atoms with Crippen molar-refractivity contribution < 1.29 is 131 Å². The first kappa shape index (κ1) is 97.9. The average Bonchev–Trinajstić information content (AvgIpc) is 0.742. The Morgan fingerprint density at radius 2 is 0.455 bits per heavy atom. The number of nitrogens with one attached hydrogen (secondary N) is 2. The molecule has 4 aromatic rings. The number of nitrogen functional groups attached to an aromatic ring is 2. The van der Waals surface area contributed by atoms with Crippen LogP contribution in [0.5, 0.6) is 0 Å². The summed E-state index contributed by atoms with van der Waals surface area (Å²) >= 11 is 0. The van der Waals surface area contributed by atoms with E-state index in [1.807, 2.05) is 60.7 Å². The highest BCUT2D eigenvalue weighted by Gasteiger charge is 2.36. The molecule has 0 saturated heterocycles. The number of rotatable bonds is 80. The van der Waals surface area contributed by atoms with Gasteiger partial charge in [0.2, 0.25) is 20.0 Å². The third kappa shape index (κ3) is 48.8. The molecule has 0 aromatic heterocycles. The quantitative estimate of drug-likeness (QED) is 0.0325. The van der Waals surface area contributed by atoms with Crippen molar-refractivity contribution in [3.05, 3.63) is 96.1 Å². The monoisotopic (exact) mass is 1630 g/mol. The molecule has 2 unspecified atom stereocenters. The average molecular weight is 1630 g/mol. The van der Waals surface area contributed by atoms with E-state index in [4.69, 9.17) is 125 Å². The van der Waals surface area contributed by atoms with Gasteiger partial charge in [-0.1, -0.05) is 48.5 Å². The molecule has 0 spiro atoms. The highest BCUT2D eigenvalue weighted by Crippen LogP contribution is 2.50. The van der Waals surface area contributed by atoms with Gasteiger partial charge in [0.25, 0.3) is 0 Å². The van der Waals surface area contributed by atoms with Crippen molar-refractivity contribution in [3.8, 4) is 33.4 Å². The molecule has 5 rings (SSSR count). The second-order valence-electron chi connectivity index (χ2n) is 24.8. The van der Waals surface area contributed by atoms with E-state index in [1.165, 1.54) is 0 Å². The number of methoxy groups -OCH3 is 2. The SMILES string of the molecule is COCCOCCOCCOCCOCCOCCOCCOCCOCCOCCOCCNS(=O)(=O)CCCOC1c2cc(-c3ccc(N)cc3)ccc2-c2ccc(-c3ccc(N)cc3)cc2C1OCCCS(=O)(=O)NCCOCCOCCOCCOCCOCCOCCOCCOCCOCCOCCOC. The Balaban J connectivity index is 0.908. The molecule has 0 radical (unpaired) electrons. The number of anilines is 2. The summed E-state index contributed by atoms with van der Waals surface area (Å²) in [7, 11) is -4.17. The van der Waals surface area contributed by atoms with E-state index in [2.05, 4.69) is 33.7 Å². The van der Waals surface area contributed by atoms with Crippen LogP contribution in [-0.4, -0.2) is 346 Å². The van der Waals surface area contributed by atoms with Crippen LogP contribution in [0.15, 0.2) is 84.9 Å². The highest BCUT2D eigenvalue weighted by atomic mass is 32.2. The van der Waals surface area contributed by atoms with Crippen LogP contribution in [0.25, 0.3) is 33.4 Å². The maximum atomic E-state index is 13.3. The fourth-order valence-electron chi connectivity index (χ4n) is 10.5. The van der Waals surface area contributed by atoms with Gasteiger partial charge >= 0.3 is 0 Å². The van der Waals surface area contributed by atoms with Crippen molar-refractivity contribution >= 4 is 31.4 Å². The molecule has 1 aliphatic carbocycles. The minimum absolute atomic E-state index is 0.0555. The van der Waals surface area contributed by atoms with E-state index < -0.39 is 32.3 Å². The van der Waals surface area contributed by atoms with Gasteiger partial charge < -0.3 is 125 Å². The normalized spacial score (nSPS) is 13.7. The molecular weight excluding hydrogens is 1500 g/mol. The second-order valence-corrected chi connectivity index (χ2v) is 28.7. The summed E-state index contributed by atoms with van der Waals surface area (Å²) in [5.74, 6) is -0.421. The van der Waals surface area contributed by atoms with Gasteiger partial charge in [-0.15, -0.1) is 0 Å². The fourth-order valence-corrected chi connectivity index (χ4v) is 12.6. The lowest BCUT2D eigenvalue weighted by atomic mass is 9.79. The van der Waals surface area contributed by atoms with Gasteiger partial charge in [0, 0.05) is 51.9 Å². The molecule has 0 bridgehead atoms. The molecule has 32 nitrogen and oxygen atoms in total.